The van der Waals surface area contributed by atoms with Crippen LogP contribution in [0.4, 0.5) is 9.18 Å². The average molecular weight is 511 g/mol. The summed E-state index contributed by atoms with van der Waals surface area (Å²) in [5.74, 6) is -0.0306. The number of thiophene rings is 1. The number of nitrogens with zero attached hydrogens (tertiary/aromatic N) is 1. The van der Waals surface area contributed by atoms with E-state index in [-0.39, 0.29) is 17.3 Å². The SMILES string of the molecule is COc1cc(C)c2[nH]c(=O)c3sccc3c2c1-c1ccc(C(C)CN(C)C(=O)OC(C)(C)C)c(F)c1. The third-order valence-corrected chi connectivity index (χ3v) is 7.07. The summed E-state index contributed by atoms with van der Waals surface area (Å²) in [6.07, 6.45) is -0.448. The second kappa shape index (κ2) is 9.58. The third-order valence-electron chi connectivity index (χ3n) is 6.16. The molecule has 0 saturated heterocycles. The summed E-state index contributed by atoms with van der Waals surface area (Å²) in [7, 11) is 3.23. The number of fused-ring (bicyclic) bond motifs is 3. The molecule has 190 valence electrons. The van der Waals surface area contributed by atoms with Gasteiger partial charge in [0.05, 0.1) is 12.6 Å². The third kappa shape index (κ3) is 4.82. The van der Waals surface area contributed by atoms with E-state index < -0.39 is 11.7 Å². The molecule has 2 aromatic heterocycles. The fourth-order valence-corrected chi connectivity index (χ4v) is 5.32. The molecule has 4 aromatic rings. The molecule has 36 heavy (non-hydrogen) atoms. The van der Waals surface area contributed by atoms with Crippen LogP contribution in [-0.4, -0.2) is 42.3 Å². The quantitative estimate of drug-likeness (QED) is 0.319. The molecule has 2 heterocycles. The standard InChI is InChI=1S/C28H31FN2O4S/c1-15-12-21(34-7)22(23-19-10-11-36-25(19)26(32)30-24(15)23)17-8-9-18(20(29)13-17)16(2)14-31(6)27(33)35-28(3,4)5/h8-13,16H,14H2,1-7H3,(H,30,32). The summed E-state index contributed by atoms with van der Waals surface area (Å²) in [6, 6.07) is 8.88. The fourth-order valence-electron chi connectivity index (χ4n) is 4.52. The van der Waals surface area contributed by atoms with Crippen LogP contribution < -0.4 is 10.3 Å². The maximum Gasteiger partial charge on any atom is 0.410 e. The van der Waals surface area contributed by atoms with E-state index >= 15 is 4.39 Å². The van der Waals surface area contributed by atoms with E-state index in [1.165, 1.54) is 22.3 Å². The molecule has 1 N–H and O–H groups in total. The molecule has 1 unspecified atom stereocenters. The zero-order chi connectivity index (χ0) is 26.4. The number of H-pyrrole nitrogens is 1. The van der Waals surface area contributed by atoms with Gasteiger partial charge in [0.2, 0.25) is 0 Å². The number of aryl methyl sites for hydroxylation is 1. The molecule has 8 heteroatoms. The summed E-state index contributed by atoms with van der Waals surface area (Å²) in [4.78, 5) is 29.4. The number of hydrogen-bond donors (Lipinski definition) is 1. The molecule has 0 aliphatic carbocycles. The first-order valence-electron chi connectivity index (χ1n) is 11.8. The molecule has 6 nitrogen and oxygen atoms in total. The lowest BCUT2D eigenvalue weighted by Crippen LogP contribution is -2.36. The Hall–Kier alpha value is -3.39. The van der Waals surface area contributed by atoms with Crippen LogP contribution in [0.5, 0.6) is 5.75 Å². The lowest BCUT2D eigenvalue weighted by Gasteiger charge is -2.26. The maximum atomic E-state index is 15.5. The zero-order valence-corrected chi connectivity index (χ0v) is 22.4. The number of pyridine rings is 1. The Morgan fingerprint density at radius 1 is 1.22 bits per heavy atom. The van der Waals surface area contributed by atoms with Crippen molar-refractivity contribution in [3.05, 3.63) is 63.0 Å². The van der Waals surface area contributed by atoms with E-state index in [1.54, 1.807) is 20.2 Å². The second-order valence-electron chi connectivity index (χ2n) is 10.1. The van der Waals surface area contributed by atoms with Crippen molar-refractivity contribution < 1.29 is 18.7 Å². The number of methoxy groups -OCH3 is 1. The lowest BCUT2D eigenvalue weighted by atomic mass is 9.92. The average Bonchev–Trinajstić information content (AvgIpc) is 3.29. The van der Waals surface area contributed by atoms with Crippen LogP contribution in [0.25, 0.3) is 32.1 Å². The van der Waals surface area contributed by atoms with Crippen LogP contribution in [-0.2, 0) is 4.74 Å². The number of nitrogens with one attached hydrogen (secondary N) is 1. The Labute approximate surface area is 213 Å². The van der Waals surface area contributed by atoms with Crippen molar-refractivity contribution >= 4 is 38.4 Å². The van der Waals surface area contributed by atoms with Gasteiger partial charge in [0, 0.05) is 35.8 Å². The van der Waals surface area contributed by atoms with Gasteiger partial charge in [0.15, 0.2) is 0 Å². The minimum Gasteiger partial charge on any atom is -0.496 e. The second-order valence-corrected chi connectivity index (χ2v) is 11.1. The van der Waals surface area contributed by atoms with Crippen LogP contribution in [0.15, 0.2) is 40.5 Å². The normalized spacial score (nSPS) is 12.7. The zero-order valence-electron chi connectivity index (χ0n) is 21.6. The number of carbonyl (C=O) groups is 1. The van der Waals surface area contributed by atoms with Gasteiger partial charge < -0.3 is 19.4 Å². The number of carbonyl (C=O) groups excluding carboxylic acids is 1. The molecule has 2 aromatic carbocycles. The van der Waals surface area contributed by atoms with Gasteiger partial charge in [-0.15, -0.1) is 11.3 Å². The van der Waals surface area contributed by atoms with Crippen molar-refractivity contribution in [1.29, 1.82) is 0 Å². The van der Waals surface area contributed by atoms with E-state index in [2.05, 4.69) is 4.98 Å². The summed E-state index contributed by atoms with van der Waals surface area (Å²) in [6.45, 7) is 9.52. The van der Waals surface area contributed by atoms with Gasteiger partial charge in [-0.2, -0.15) is 0 Å². The van der Waals surface area contributed by atoms with Crippen molar-refractivity contribution in [3.63, 3.8) is 0 Å². The van der Waals surface area contributed by atoms with Crippen molar-refractivity contribution in [2.75, 3.05) is 20.7 Å². The molecule has 1 amide bonds. The number of hydrogen-bond acceptors (Lipinski definition) is 5. The van der Waals surface area contributed by atoms with Crippen LogP contribution in [0.2, 0.25) is 0 Å². The van der Waals surface area contributed by atoms with E-state index in [1.807, 2.05) is 58.2 Å². The molecule has 0 saturated carbocycles. The number of aromatic amines is 1. The van der Waals surface area contributed by atoms with Gasteiger partial charge >= 0.3 is 6.09 Å². The van der Waals surface area contributed by atoms with Crippen LogP contribution in [0.1, 0.15) is 44.7 Å². The molecule has 0 radical (unpaired) electrons. The summed E-state index contributed by atoms with van der Waals surface area (Å²) in [5.41, 5.74) is 2.70. The predicted octanol–water partition coefficient (Wildman–Crippen LogP) is 6.84. The number of amides is 1. The molecule has 4 rings (SSSR count). The first-order chi connectivity index (χ1) is 16.9. The fraction of sp³-hybridized carbons (Fsp3) is 0.357. The molecule has 0 spiro atoms. The largest absolute Gasteiger partial charge is 0.496 e. The van der Waals surface area contributed by atoms with E-state index in [9.17, 15) is 9.59 Å². The Bertz CT molecular complexity index is 1520. The molecule has 0 aliphatic rings. The number of benzene rings is 2. The predicted molar refractivity (Wildman–Crippen MR) is 144 cm³/mol. The van der Waals surface area contributed by atoms with Gasteiger partial charge in [-0.25, -0.2) is 9.18 Å². The van der Waals surface area contributed by atoms with E-state index in [0.717, 1.165) is 21.9 Å². The molecular formula is C28H31FN2O4S. The Morgan fingerprint density at radius 2 is 1.94 bits per heavy atom. The van der Waals surface area contributed by atoms with E-state index in [0.29, 0.717) is 33.6 Å². The minimum atomic E-state index is -0.602. The highest BCUT2D eigenvalue weighted by atomic mass is 32.1. The van der Waals surface area contributed by atoms with Crippen molar-refractivity contribution in [3.8, 4) is 16.9 Å². The van der Waals surface area contributed by atoms with Crippen LogP contribution in [0, 0.1) is 12.7 Å². The van der Waals surface area contributed by atoms with Crippen LogP contribution in [0.3, 0.4) is 0 Å². The highest BCUT2D eigenvalue weighted by Gasteiger charge is 2.23. The summed E-state index contributed by atoms with van der Waals surface area (Å²) < 4.78 is 27.3. The number of aromatic nitrogens is 1. The molecule has 1 atom stereocenters. The molecule has 0 fully saturated rings. The van der Waals surface area contributed by atoms with Crippen LogP contribution >= 0.6 is 11.3 Å². The van der Waals surface area contributed by atoms with Gasteiger partial charge in [-0.05, 0) is 68.0 Å². The van der Waals surface area contributed by atoms with Gasteiger partial charge in [0.25, 0.3) is 5.56 Å². The lowest BCUT2D eigenvalue weighted by molar-refractivity contribution is 0.0290. The summed E-state index contributed by atoms with van der Waals surface area (Å²) in [5, 5.41) is 3.52. The highest BCUT2D eigenvalue weighted by molar-refractivity contribution is 7.17. The van der Waals surface area contributed by atoms with Gasteiger partial charge in [0.1, 0.15) is 21.9 Å². The Morgan fingerprint density at radius 3 is 2.58 bits per heavy atom. The maximum absolute atomic E-state index is 15.5. The van der Waals surface area contributed by atoms with Crippen molar-refractivity contribution in [2.24, 2.45) is 0 Å². The topological polar surface area (TPSA) is 71.6 Å². The monoisotopic (exact) mass is 510 g/mol. The van der Waals surface area contributed by atoms with Gasteiger partial charge in [-0.3, -0.25) is 4.79 Å². The molecule has 0 aliphatic heterocycles. The minimum absolute atomic E-state index is 0.142. The summed E-state index contributed by atoms with van der Waals surface area (Å²) >= 11 is 1.37. The number of likely N-dealkylation sites (N-methyl/N-ethyl adjacent to an activating group) is 1. The highest BCUT2D eigenvalue weighted by Crippen LogP contribution is 2.42. The Kier molecular flexibility index (Phi) is 6.84. The Balaban J connectivity index is 1.77. The van der Waals surface area contributed by atoms with E-state index in [4.69, 9.17) is 9.47 Å². The smallest absolute Gasteiger partial charge is 0.410 e. The van der Waals surface area contributed by atoms with Gasteiger partial charge in [-0.1, -0.05) is 19.1 Å². The molecular weight excluding hydrogens is 479 g/mol. The number of rotatable bonds is 5. The first-order valence-corrected chi connectivity index (χ1v) is 12.6. The van der Waals surface area contributed by atoms with Crippen molar-refractivity contribution in [1.82, 2.24) is 9.88 Å². The van der Waals surface area contributed by atoms with Crippen molar-refractivity contribution in [2.45, 2.75) is 46.1 Å². The first kappa shape index (κ1) is 25.7. The number of ether oxygens (including phenoxy) is 2. The number of halogens is 1. The molecule has 0 bridgehead atoms.